The van der Waals surface area contributed by atoms with Crippen LogP contribution in [0, 0.1) is 17.0 Å². The molecule has 4 rings (SSSR count). The van der Waals surface area contributed by atoms with Gasteiger partial charge in [-0.05, 0) is 31.2 Å². The summed E-state index contributed by atoms with van der Waals surface area (Å²) >= 11 is 0. The Labute approximate surface area is 183 Å². The number of hydrogen-bond acceptors (Lipinski definition) is 5. The number of nitro groups is 1. The van der Waals surface area contributed by atoms with Crippen molar-refractivity contribution >= 4 is 17.1 Å². The van der Waals surface area contributed by atoms with Crippen LogP contribution in [0.15, 0.2) is 72.8 Å². The Morgan fingerprint density at radius 3 is 1.94 bits per heavy atom. The molecule has 3 aromatic rings. The Morgan fingerprint density at radius 1 is 0.871 bits per heavy atom. The van der Waals surface area contributed by atoms with Crippen LogP contribution in [0.25, 0.3) is 0 Å². The molecule has 0 atom stereocenters. The van der Waals surface area contributed by atoms with E-state index < -0.39 is 0 Å². The fourth-order valence-corrected chi connectivity index (χ4v) is 4.21. The maximum Gasteiger partial charge on any atom is 0.292 e. The first kappa shape index (κ1) is 20.9. The Balaban J connectivity index is 1.77. The van der Waals surface area contributed by atoms with Gasteiger partial charge in [0, 0.05) is 43.5 Å². The minimum atomic E-state index is -0.295. The van der Waals surface area contributed by atoms with Gasteiger partial charge in [0.25, 0.3) is 5.69 Å². The quantitative estimate of drug-likeness (QED) is 0.459. The van der Waals surface area contributed by atoms with Crippen LogP contribution in [0.5, 0.6) is 0 Å². The Bertz CT molecular complexity index is 993. The second-order valence-electron chi connectivity index (χ2n) is 8.05. The van der Waals surface area contributed by atoms with E-state index >= 15 is 0 Å². The van der Waals surface area contributed by atoms with Crippen LogP contribution >= 0.6 is 0 Å². The summed E-state index contributed by atoms with van der Waals surface area (Å²) in [6, 6.07) is 23.5. The molecule has 31 heavy (non-hydrogen) atoms. The van der Waals surface area contributed by atoms with Gasteiger partial charge < -0.3 is 15.1 Å². The minimum Gasteiger partial charge on any atom is -0.369 e. The predicted molar refractivity (Wildman–Crippen MR) is 126 cm³/mol. The van der Waals surface area contributed by atoms with Crippen molar-refractivity contribution in [1.82, 2.24) is 4.90 Å². The van der Waals surface area contributed by atoms with Gasteiger partial charge in [0.2, 0.25) is 0 Å². The van der Waals surface area contributed by atoms with Crippen molar-refractivity contribution in [3.8, 4) is 0 Å². The number of nitro benzene ring substituents is 1. The highest BCUT2D eigenvalue weighted by molar-refractivity contribution is 5.76. The molecule has 1 aliphatic heterocycles. The molecule has 0 aromatic heterocycles. The zero-order valence-corrected chi connectivity index (χ0v) is 18.0. The van der Waals surface area contributed by atoms with Gasteiger partial charge in [0.05, 0.1) is 11.0 Å². The van der Waals surface area contributed by atoms with Gasteiger partial charge in [-0.25, -0.2) is 0 Å². The molecule has 1 heterocycles. The second kappa shape index (κ2) is 9.18. The molecule has 0 saturated carbocycles. The zero-order chi connectivity index (χ0) is 21.8. The highest BCUT2D eigenvalue weighted by Crippen LogP contribution is 2.38. The van der Waals surface area contributed by atoms with Crippen LogP contribution in [-0.4, -0.2) is 43.0 Å². The molecule has 1 N–H and O–H groups in total. The van der Waals surface area contributed by atoms with Crippen molar-refractivity contribution in [1.29, 1.82) is 0 Å². The monoisotopic (exact) mass is 416 g/mol. The maximum atomic E-state index is 11.9. The molecular formula is C25H28N4O2. The average Bonchev–Trinajstić information content (AvgIpc) is 2.80. The molecule has 1 saturated heterocycles. The third-order valence-corrected chi connectivity index (χ3v) is 6.01. The lowest BCUT2D eigenvalue weighted by atomic mass is 9.97. The Morgan fingerprint density at radius 2 is 1.42 bits per heavy atom. The van der Waals surface area contributed by atoms with Gasteiger partial charge in [0.1, 0.15) is 5.69 Å². The van der Waals surface area contributed by atoms with Crippen LogP contribution < -0.4 is 10.2 Å². The number of anilines is 2. The summed E-state index contributed by atoms with van der Waals surface area (Å²) < 4.78 is 0. The van der Waals surface area contributed by atoms with Gasteiger partial charge in [-0.1, -0.05) is 60.7 Å². The lowest BCUT2D eigenvalue weighted by Gasteiger charge is -2.35. The summed E-state index contributed by atoms with van der Waals surface area (Å²) in [7, 11) is 2.12. The molecule has 0 amide bonds. The number of nitrogens with one attached hydrogen (secondary N) is 1. The van der Waals surface area contributed by atoms with Crippen molar-refractivity contribution in [3.05, 3.63) is 99.6 Å². The number of nitrogens with zero attached hydrogens (tertiary/aromatic N) is 3. The molecule has 3 aromatic carbocycles. The first-order valence-corrected chi connectivity index (χ1v) is 10.6. The summed E-state index contributed by atoms with van der Waals surface area (Å²) in [4.78, 5) is 16.2. The van der Waals surface area contributed by atoms with Crippen LogP contribution in [0.3, 0.4) is 0 Å². The van der Waals surface area contributed by atoms with E-state index in [1.54, 1.807) is 6.07 Å². The topological polar surface area (TPSA) is 61.7 Å². The third kappa shape index (κ3) is 4.54. The zero-order valence-electron chi connectivity index (χ0n) is 18.0. The third-order valence-electron chi connectivity index (χ3n) is 6.01. The van der Waals surface area contributed by atoms with Crippen LogP contribution in [0.1, 0.15) is 22.7 Å². The Hall–Kier alpha value is -3.38. The fourth-order valence-electron chi connectivity index (χ4n) is 4.21. The number of piperazine rings is 1. The van der Waals surface area contributed by atoms with Crippen LogP contribution in [0.2, 0.25) is 0 Å². The SMILES string of the molecule is Cc1c(N2CCN(C)CC2)ccc([N+](=O)[O-])c1NC(c1ccccc1)c1ccccc1. The highest BCUT2D eigenvalue weighted by Gasteiger charge is 2.25. The van der Waals surface area contributed by atoms with Crippen molar-refractivity contribution in [2.75, 3.05) is 43.4 Å². The average molecular weight is 417 g/mol. The lowest BCUT2D eigenvalue weighted by Crippen LogP contribution is -2.44. The summed E-state index contributed by atoms with van der Waals surface area (Å²) in [6.07, 6.45) is 0. The van der Waals surface area contributed by atoms with Gasteiger partial charge >= 0.3 is 0 Å². The van der Waals surface area contributed by atoms with Crippen LogP contribution in [0.4, 0.5) is 17.1 Å². The first-order valence-electron chi connectivity index (χ1n) is 10.6. The lowest BCUT2D eigenvalue weighted by molar-refractivity contribution is -0.384. The maximum absolute atomic E-state index is 11.9. The van der Waals surface area contributed by atoms with Gasteiger partial charge in [0.15, 0.2) is 0 Å². The van der Waals surface area contributed by atoms with Crippen molar-refractivity contribution in [3.63, 3.8) is 0 Å². The van der Waals surface area contributed by atoms with E-state index in [1.807, 2.05) is 49.4 Å². The standard InChI is InChI=1S/C25H28N4O2/c1-19-22(28-17-15-27(2)16-18-28)13-14-23(29(30)31)24(19)26-25(20-9-5-3-6-10-20)21-11-7-4-8-12-21/h3-14,25-26H,15-18H2,1-2H3. The van der Waals surface area contributed by atoms with E-state index in [4.69, 9.17) is 0 Å². The van der Waals surface area contributed by atoms with E-state index in [-0.39, 0.29) is 16.7 Å². The molecular weight excluding hydrogens is 388 g/mol. The predicted octanol–water partition coefficient (Wildman–Crippen LogP) is 4.86. The molecule has 160 valence electrons. The number of hydrogen-bond donors (Lipinski definition) is 1. The van der Waals surface area contributed by atoms with Gasteiger partial charge in [-0.2, -0.15) is 0 Å². The summed E-state index contributed by atoms with van der Waals surface area (Å²) in [5, 5.41) is 15.4. The van der Waals surface area contributed by atoms with E-state index in [1.165, 1.54) is 0 Å². The molecule has 0 unspecified atom stereocenters. The van der Waals surface area contributed by atoms with E-state index in [0.29, 0.717) is 5.69 Å². The minimum absolute atomic E-state index is 0.104. The van der Waals surface area contributed by atoms with E-state index in [9.17, 15) is 10.1 Å². The molecule has 1 aliphatic rings. The fraction of sp³-hybridized carbons (Fsp3) is 0.280. The largest absolute Gasteiger partial charge is 0.369 e. The van der Waals surface area contributed by atoms with Crippen LogP contribution in [-0.2, 0) is 0 Å². The molecule has 0 spiro atoms. The molecule has 6 nitrogen and oxygen atoms in total. The number of likely N-dealkylation sites (N-methyl/N-ethyl adjacent to an activating group) is 1. The second-order valence-corrected chi connectivity index (χ2v) is 8.05. The van der Waals surface area contributed by atoms with Crippen molar-refractivity contribution in [2.45, 2.75) is 13.0 Å². The van der Waals surface area contributed by atoms with Gasteiger partial charge in [-0.3, -0.25) is 10.1 Å². The Kier molecular flexibility index (Phi) is 6.18. The van der Waals surface area contributed by atoms with Crippen molar-refractivity contribution < 1.29 is 4.92 Å². The molecule has 0 radical (unpaired) electrons. The van der Waals surface area contributed by atoms with Crippen molar-refractivity contribution in [2.24, 2.45) is 0 Å². The highest BCUT2D eigenvalue weighted by atomic mass is 16.6. The normalized spacial score (nSPS) is 14.6. The summed E-state index contributed by atoms with van der Waals surface area (Å²) in [6.45, 7) is 5.77. The smallest absolute Gasteiger partial charge is 0.292 e. The number of rotatable bonds is 6. The summed E-state index contributed by atoms with van der Waals surface area (Å²) in [5.41, 5.74) is 4.78. The molecule has 6 heteroatoms. The molecule has 0 bridgehead atoms. The van der Waals surface area contributed by atoms with Gasteiger partial charge in [-0.15, -0.1) is 0 Å². The number of benzene rings is 3. The molecule has 1 fully saturated rings. The van der Waals surface area contributed by atoms with E-state index in [2.05, 4.69) is 46.4 Å². The van der Waals surface area contributed by atoms with E-state index in [0.717, 1.165) is 48.6 Å². The summed E-state index contributed by atoms with van der Waals surface area (Å²) in [5.74, 6) is 0. The first-order chi connectivity index (χ1) is 15.0. The molecule has 0 aliphatic carbocycles.